The van der Waals surface area contributed by atoms with Gasteiger partial charge in [0.2, 0.25) is 0 Å². The summed E-state index contributed by atoms with van der Waals surface area (Å²) < 4.78 is 22.4. The van der Waals surface area contributed by atoms with Crippen molar-refractivity contribution in [2.24, 2.45) is 0 Å². The van der Waals surface area contributed by atoms with E-state index in [1.807, 2.05) is 38.0 Å². The predicted octanol–water partition coefficient (Wildman–Crippen LogP) is 6.31. The van der Waals surface area contributed by atoms with E-state index in [0.717, 1.165) is 44.3 Å². The normalized spacial score (nSPS) is 17.8. The van der Waals surface area contributed by atoms with Crippen molar-refractivity contribution in [3.05, 3.63) is 35.4 Å². The number of phosphoric acid groups is 1. The molecule has 1 saturated heterocycles. The number of carbonyl (C=O) groups is 2. The fourth-order valence-corrected chi connectivity index (χ4v) is 7.71. The number of likely N-dealkylation sites (N-methyl/N-ethyl adjacent to an activating group) is 2. The maximum absolute atomic E-state index is 11.8. The van der Waals surface area contributed by atoms with Gasteiger partial charge in [0.15, 0.2) is 0 Å². The van der Waals surface area contributed by atoms with E-state index < -0.39 is 19.8 Å². The first kappa shape index (κ1) is 48.3. The number of aliphatic carboxylic acids is 2. The van der Waals surface area contributed by atoms with Crippen LogP contribution in [0.25, 0.3) is 0 Å². The van der Waals surface area contributed by atoms with Crippen molar-refractivity contribution in [1.29, 1.82) is 0 Å². The Bertz CT molecular complexity index is 1200. The third-order valence-electron chi connectivity index (χ3n) is 10.4. The molecule has 2 rings (SSSR count). The molecule has 0 saturated carbocycles. The van der Waals surface area contributed by atoms with Gasteiger partial charge in [0, 0.05) is 38.8 Å². The number of rotatable bonds is 30. The highest BCUT2D eigenvalue weighted by Gasteiger charge is 2.27. The molecule has 0 amide bonds. The molecule has 2 unspecified atom stereocenters. The van der Waals surface area contributed by atoms with Crippen LogP contribution in [0.3, 0.4) is 0 Å². The molecule has 0 aromatic heterocycles. The Kier molecular flexibility index (Phi) is 24.7. The summed E-state index contributed by atoms with van der Waals surface area (Å²) in [5.41, 5.74) is 2.49. The molecule has 0 aliphatic carbocycles. The number of aryl methyl sites for hydroxylation is 1. The highest BCUT2D eigenvalue weighted by atomic mass is 31.2. The molecule has 54 heavy (non-hydrogen) atoms. The lowest BCUT2D eigenvalue weighted by Crippen LogP contribution is -2.48. The molecular formula is C41H75N4O8P. The number of unbranched alkanes of at least 4 members (excludes halogenated alkanes) is 15. The summed E-state index contributed by atoms with van der Waals surface area (Å²) in [5.74, 6) is -1.71. The van der Waals surface area contributed by atoms with Gasteiger partial charge in [0.1, 0.15) is 13.2 Å². The van der Waals surface area contributed by atoms with Gasteiger partial charge in [-0.2, -0.15) is 0 Å². The van der Waals surface area contributed by atoms with Gasteiger partial charge >= 0.3 is 11.9 Å². The average Bonchev–Trinajstić information content (AvgIpc) is 3.15. The Balaban J connectivity index is 1.48. The van der Waals surface area contributed by atoms with Crippen LogP contribution in [0.1, 0.15) is 114 Å². The van der Waals surface area contributed by atoms with Crippen LogP contribution < -0.4 is 4.89 Å². The first-order valence-corrected chi connectivity index (χ1v) is 22.3. The third kappa shape index (κ3) is 25.3. The van der Waals surface area contributed by atoms with E-state index in [9.17, 15) is 29.3 Å². The van der Waals surface area contributed by atoms with Crippen LogP contribution in [0.15, 0.2) is 24.3 Å². The van der Waals surface area contributed by atoms with Crippen LogP contribution in [0.4, 0.5) is 0 Å². The van der Waals surface area contributed by atoms with Crippen molar-refractivity contribution in [3.8, 4) is 0 Å². The summed E-state index contributed by atoms with van der Waals surface area (Å²) in [4.78, 5) is 41.1. The summed E-state index contributed by atoms with van der Waals surface area (Å²) in [6.45, 7) is 4.20. The molecule has 1 heterocycles. The molecule has 1 fully saturated rings. The van der Waals surface area contributed by atoms with Crippen molar-refractivity contribution in [3.63, 3.8) is 0 Å². The minimum Gasteiger partial charge on any atom is -0.756 e. The lowest BCUT2D eigenvalue weighted by Gasteiger charge is -2.33. The predicted molar refractivity (Wildman–Crippen MR) is 215 cm³/mol. The van der Waals surface area contributed by atoms with E-state index >= 15 is 0 Å². The third-order valence-corrected chi connectivity index (χ3v) is 11.4. The Morgan fingerprint density at radius 3 is 1.69 bits per heavy atom. The number of hydrogen-bond acceptors (Lipinski definition) is 9. The monoisotopic (exact) mass is 783 g/mol. The highest BCUT2D eigenvalue weighted by Crippen LogP contribution is 2.38. The van der Waals surface area contributed by atoms with E-state index in [4.69, 9.17) is 9.05 Å². The molecule has 1 aliphatic heterocycles. The van der Waals surface area contributed by atoms with Crippen molar-refractivity contribution >= 4 is 19.8 Å². The zero-order valence-corrected chi connectivity index (χ0v) is 35.2. The van der Waals surface area contributed by atoms with E-state index in [1.165, 1.54) is 89.0 Å². The lowest BCUT2D eigenvalue weighted by atomic mass is 9.99. The second-order valence-corrected chi connectivity index (χ2v) is 17.9. The smallest absolute Gasteiger partial charge is 0.317 e. The van der Waals surface area contributed by atoms with E-state index in [2.05, 4.69) is 29.2 Å². The topological polar surface area (TPSA) is 143 Å². The molecule has 1 aromatic rings. The molecule has 1 aliphatic rings. The minimum absolute atomic E-state index is 0.0411. The second-order valence-electron chi connectivity index (χ2n) is 16.5. The molecule has 0 spiro atoms. The van der Waals surface area contributed by atoms with E-state index in [1.54, 1.807) is 0 Å². The van der Waals surface area contributed by atoms with Gasteiger partial charge in [-0.25, -0.2) is 0 Å². The standard InChI is InChI=1S/C41H75N4O8P/c1-42-26-28-43(35-40(46)47)34-39(44(29-27-42)36-41(48)49)33-38-24-22-37(23-25-38)21-19-17-15-13-11-9-7-5-6-8-10-12-14-16-18-20-31-52-54(50,51)53-32-30-45(2,3)4/h22-25,39H,5-21,26-36H2,1-4H3,(H2-,46,47,48,49,50,51). The summed E-state index contributed by atoms with van der Waals surface area (Å²) in [5, 5.41) is 19.1. The summed E-state index contributed by atoms with van der Waals surface area (Å²) >= 11 is 0. The van der Waals surface area contributed by atoms with Crippen LogP contribution in [-0.4, -0.2) is 141 Å². The maximum Gasteiger partial charge on any atom is 0.317 e. The van der Waals surface area contributed by atoms with Crippen molar-refractivity contribution in [2.45, 2.75) is 122 Å². The summed E-state index contributed by atoms with van der Waals surface area (Å²) in [7, 11) is 3.79. The number of quaternary nitrogens is 1. The Labute approximate surface area is 327 Å². The van der Waals surface area contributed by atoms with Crippen LogP contribution in [-0.2, 0) is 36.0 Å². The maximum atomic E-state index is 11.8. The van der Waals surface area contributed by atoms with Gasteiger partial charge in [-0.3, -0.25) is 24.0 Å². The van der Waals surface area contributed by atoms with Crippen LogP contribution in [0.2, 0.25) is 0 Å². The number of nitrogens with zero attached hydrogens (tertiary/aromatic N) is 4. The summed E-state index contributed by atoms with van der Waals surface area (Å²) in [6.07, 6.45) is 21.3. The minimum atomic E-state index is -4.18. The number of benzene rings is 1. The molecule has 2 N–H and O–H groups in total. The molecule has 312 valence electrons. The zero-order chi connectivity index (χ0) is 39.7. The SMILES string of the molecule is CN1CCN(CC(=O)O)CC(Cc2ccc(CCCCCCCCCCCCCCCCCCOP(=O)([O-])OCC[N+](C)(C)C)cc2)N(CC(=O)O)CC1. The Hall–Kier alpha value is -1.89. The van der Waals surface area contributed by atoms with Crippen molar-refractivity contribution in [2.75, 3.05) is 93.8 Å². The largest absolute Gasteiger partial charge is 0.756 e. The fraction of sp³-hybridized carbons (Fsp3) is 0.805. The van der Waals surface area contributed by atoms with Gasteiger partial charge in [-0.05, 0) is 43.9 Å². The van der Waals surface area contributed by atoms with Crippen LogP contribution in [0, 0.1) is 0 Å². The molecule has 0 bridgehead atoms. The lowest BCUT2D eigenvalue weighted by molar-refractivity contribution is -0.870. The quantitative estimate of drug-likeness (QED) is 0.0515. The molecule has 1 aromatic carbocycles. The molecule has 12 nitrogen and oxygen atoms in total. The Morgan fingerprint density at radius 1 is 0.704 bits per heavy atom. The van der Waals surface area contributed by atoms with Gasteiger partial charge in [0.05, 0.1) is 40.8 Å². The number of carboxylic acid groups (broad SMARTS) is 2. The first-order chi connectivity index (χ1) is 25.7. The van der Waals surface area contributed by atoms with Crippen molar-refractivity contribution in [1.82, 2.24) is 14.7 Å². The van der Waals surface area contributed by atoms with Crippen LogP contribution >= 0.6 is 7.82 Å². The van der Waals surface area contributed by atoms with E-state index in [-0.39, 0.29) is 32.3 Å². The number of carboxylic acids is 2. The first-order valence-electron chi connectivity index (χ1n) is 20.8. The van der Waals surface area contributed by atoms with Crippen molar-refractivity contribution < 1.29 is 42.8 Å². The van der Waals surface area contributed by atoms with Gasteiger partial charge < -0.3 is 33.5 Å². The fourth-order valence-electron chi connectivity index (χ4n) is 6.98. The van der Waals surface area contributed by atoms with Crippen LogP contribution in [0.5, 0.6) is 0 Å². The molecule has 2 atom stereocenters. The number of hydrogen-bond donors (Lipinski definition) is 2. The summed E-state index contributed by atoms with van der Waals surface area (Å²) in [6, 6.07) is 8.66. The second kappa shape index (κ2) is 27.7. The average molecular weight is 783 g/mol. The van der Waals surface area contributed by atoms with Gasteiger partial charge in [-0.15, -0.1) is 0 Å². The molecule has 0 radical (unpaired) electrons. The highest BCUT2D eigenvalue weighted by molar-refractivity contribution is 7.45. The zero-order valence-electron chi connectivity index (χ0n) is 34.3. The van der Waals surface area contributed by atoms with Gasteiger partial charge in [-0.1, -0.05) is 114 Å². The Morgan fingerprint density at radius 2 is 1.17 bits per heavy atom. The molecule has 13 heteroatoms. The van der Waals surface area contributed by atoms with E-state index in [0.29, 0.717) is 37.1 Å². The number of phosphoric ester groups is 1. The molecular weight excluding hydrogens is 707 g/mol. The van der Waals surface area contributed by atoms with Gasteiger partial charge in [0.25, 0.3) is 7.82 Å².